The monoisotopic (exact) mass is 165 g/mol. The number of anilines is 1. The van der Waals surface area contributed by atoms with Gasteiger partial charge in [0.15, 0.2) is 0 Å². The number of nitrogen functional groups attached to an aromatic ring is 1. The predicted molar refractivity (Wildman–Crippen MR) is 51.3 cm³/mol. The third-order valence-corrected chi connectivity index (χ3v) is 2.02. The second-order valence-corrected chi connectivity index (χ2v) is 3.08. The zero-order chi connectivity index (χ0) is 9.14. The Morgan fingerprint density at radius 2 is 2.08 bits per heavy atom. The fourth-order valence-electron chi connectivity index (χ4n) is 1.21. The number of benzene rings is 1. The SMILES string of the molecule is CCCc1cc(N)c(C)c(O)c1. The molecule has 0 radical (unpaired) electrons. The fraction of sp³-hybridized carbons (Fsp3) is 0.400. The van der Waals surface area contributed by atoms with Crippen molar-refractivity contribution < 1.29 is 5.11 Å². The Bertz CT molecular complexity index is 258. The number of rotatable bonds is 2. The summed E-state index contributed by atoms with van der Waals surface area (Å²) in [5, 5.41) is 9.43. The van der Waals surface area contributed by atoms with E-state index in [1.54, 1.807) is 6.07 Å². The van der Waals surface area contributed by atoms with Crippen LogP contribution in [0, 0.1) is 6.92 Å². The third-order valence-electron chi connectivity index (χ3n) is 2.02. The summed E-state index contributed by atoms with van der Waals surface area (Å²) in [6.07, 6.45) is 2.04. The van der Waals surface area contributed by atoms with E-state index in [0.29, 0.717) is 11.4 Å². The Labute approximate surface area is 73.0 Å². The molecule has 1 aromatic rings. The molecule has 3 N–H and O–H groups in total. The average Bonchev–Trinajstić information content (AvgIpc) is 2.01. The molecule has 0 aromatic heterocycles. The van der Waals surface area contributed by atoms with Crippen molar-refractivity contribution in [3.8, 4) is 5.75 Å². The van der Waals surface area contributed by atoms with Crippen LogP contribution >= 0.6 is 0 Å². The Balaban J connectivity index is 3.04. The van der Waals surface area contributed by atoms with Gasteiger partial charge in [0.05, 0.1) is 0 Å². The van der Waals surface area contributed by atoms with E-state index in [9.17, 15) is 5.11 Å². The molecule has 0 aliphatic carbocycles. The summed E-state index contributed by atoms with van der Waals surface area (Å²) in [5.41, 5.74) is 8.25. The average molecular weight is 165 g/mol. The number of phenolic OH excluding ortho intramolecular Hbond substituents is 1. The van der Waals surface area contributed by atoms with Gasteiger partial charge in [-0.3, -0.25) is 0 Å². The van der Waals surface area contributed by atoms with E-state index in [0.717, 1.165) is 24.0 Å². The molecule has 12 heavy (non-hydrogen) atoms. The van der Waals surface area contributed by atoms with Crippen molar-refractivity contribution in [3.05, 3.63) is 23.3 Å². The van der Waals surface area contributed by atoms with Gasteiger partial charge in [-0.05, 0) is 31.0 Å². The van der Waals surface area contributed by atoms with Crippen molar-refractivity contribution in [2.75, 3.05) is 5.73 Å². The first-order chi connectivity index (χ1) is 5.65. The smallest absolute Gasteiger partial charge is 0.120 e. The number of aryl methyl sites for hydroxylation is 1. The molecule has 0 unspecified atom stereocenters. The predicted octanol–water partition coefficient (Wildman–Crippen LogP) is 2.24. The van der Waals surface area contributed by atoms with E-state index in [2.05, 4.69) is 6.92 Å². The summed E-state index contributed by atoms with van der Waals surface area (Å²) in [4.78, 5) is 0. The summed E-state index contributed by atoms with van der Waals surface area (Å²) in [5.74, 6) is 0.304. The zero-order valence-corrected chi connectivity index (χ0v) is 7.59. The molecule has 0 amide bonds. The molecule has 2 nitrogen and oxygen atoms in total. The van der Waals surface area contributed by atoms with E-state index >= 15 is 0 Å². The van der Waals surface area contributed by atoms with Crippen LogP contribution in [0.15, 0.2) is 12.1 Å². The van der Waals surface area contributed by atoms with Crippen LogP contribution in [0.3, 0.4) is 0 Å². The lowest BCUT2D eigenvalue weighted by molar-refractivity contribution is 0.470. The van der Waals surface area contributed by atoms with Gasteiger partial charge in [0.25, 0.3) is 0 Å². The fourth-order valence-corrected chi connectivity index (χ4v) is 1.21. The van der Waals surface area contributed by atoms with Gasteiger partial charge in [0, 0.05) is 11.3 Å². The second kappa shape index (κ2) is 3.48. The van der Waals surface area contributed by atoms with Gasteiger partial charge in [0.1, 0.15) is 5.75 Å². The molecule has 0 spiro atoms. The van der Waals surface area contributed by atoms with Crippen LogP contribution in [0.25, 0.3) is 0 Å². The lowest BCUT2D eigenvalue weighted by Gasteiger charge is -2.06. The lowest BCUT2D eigenvalue weighted by atomic mass is 10.1. The van der Waals surface area contributed by atoms with Crippen LogP contribution in [0.5, 0.6) is 5.75 Å². The van der Waals surface area contributed by atoms with E-state index < -0.39 is 0 Å². The summed E-state index contributed by atoms with van der Waals surface area (Å²) < 4.78 is 0. The minimum absolute atomic E-state index is 0.304. The highest BCUT2D eigenvalue weighted by atomic mass is 16.3. The van der Waals surface area contributed by atoms with Crippen molar-refractivity contribution in [2.45, 2.75) is 26.7 Å². The summed E-state index contributed by atoms with van der Waals surface area (Å²) in [6, 6.07) is 3.72. The third kappa shape index (κ3) is 1.70. The highest BCUT2D eigenvalue weighted by molar-refractivity contribution is 5.55. The largest absolute Gasteiger partial charge is 0.508 e. The van der Waals surface area contributed by atoms with Crippen LogP contribution in [0.1, 0.15) is 24.5 Å². The molecule has 0 saturated carbocycles. The Hall–Kier alpha value is -1.18. The highest BCUT2D eigenvalue weighted by Gasteiger charge is 2.02. The highest BCUT2D eigenvalue weighted by Crippen LogP contribution is 2.24. The van der Waals surface area contributed by atoms with Gasteiger partial charge >= 0.3 is 0 Å². The van der Waals surface area contributed by atoms with Gasteiger partial charge in [0.2, 0.25) is 0 Å². The van der Waals surface area contributed by atoms with Gasteiger partial charge in [-0.2, -0.15) is 0 Å². The normalized spacial score (nSPS) is 10.2. The van der Waals surface area contributed by atoms with Gasteiger partial charge in [-0.15, -0.1) is 0 Å². The number of hydrogen-bond acceptors (Lipinski definition) is 2. The molecule has 0 atom stereocenters. The van der Waals surface area contributed by atoms with Crippen LogP contribution < -0.4 is 5.73 Å². The molecule has 0 bridgehead atoms. The van der Waals surface area contributed by atoms with Crippen LogP contribution in [-0.2, 0) is 6.42 Å². The van der Waals surface area contributed by atoms with Crippen molar-refractivity contribution in [2.24, 2.45) is 0 Å². The van der Waals surface area contributed by atoms with E-state index in [1.165, 1.54) is 0 Å². The summed E-state index contributed by atoms with van der Waals surface area (Å²) in [6.45, 7) is 3.92. The molecule has 2 heteroatoms. The molecule has 0 heterocycles. The summed E-state index contributed by atoms with van der Waals surface area (Å²) in [7, 11) is 0. The molecule has 1 aromatic carbocycles. The van der Waals surface area contributed by atoms with Crippen molar-refractivity contribution in [1.82, 2.24) is 0 Å². The van der Waals surface area contributed by atoms with Crippen molar-refractivity contribution in [3.63, 3.8) is 0 Å². The van der Waals surface area contributed by atoms with Gasteiger partial charge in [-0.25, -0.2) is 0 Å². The Morgan fingerprint density at radius 3 is 2.58 bits per heavy atom. The Morgan fingerprint density at radius 1 is 1.42 bits per heavy atom. The van der Waals surface area contributed by atoms with Gasteiger partial charge in [-0.1, -0.05) is 13.3 Å². The maximum atomic E-state index is 9.43. The molecule has 0 saturated heterocycles. The van der Waals surface area contributed by atoms with E-state index in [1.807, 2.05) is 13.0 Å². The first kappa shape index (κ1) is 8.91. The van der Waals surface area contributed by atoms with Crippen molar-refractivity contribution in [1.29, 1.82) is 0 Å². The zero-order valence-electron chi connectivity index (χ0n) is 7.59. The van der Waals surface area contributed by atoms with E-state index in [4.69, 9.17) is 5.73 Å². The number of phenols is 1. The molecular weight excluding hydrogens is 150 g/mol. The van der Waals surface area contributed by atoms with Crippen LogP contribution in [0.4, 0.5) is 5.69 Å². The summed E-state index contributed by atoms with van der Waals surface area (Å²) >= 11 is 0. The first-order valence-corrected chi connectivity index (χ1v) is 4.23. The number of aromatic hydroxyl groups is 1. The van der Waals surface area contributed by atoms with Gasteiger partial charge < -0.3 is 10.8 Å². The molecule has 0 aliphatic rings. The minimum atomic E-state index is 0.304. The molecule has 1 rings (SSSR count). The maximum absolute atomic E-state index is 9.43. The first-order valence-electron chi connectivity index (χ1n) is 4.23. The van der Waals surface area contributed by atoms with Crippen LogP contribution in [0.2, 0.25) is 0 Å². The maximum Gasteiger partial charge on any atom is 0.120 e. The van der Waals surface area contributed by atoms with Crippen molar-refractivity contribution >= 4 is 5.69 Å². The minimum Gasteiger partial charge on any atom is -0.508 e. The lowest BCUT2D eigenvalue weighted by Crippen LogP contribution is -1.93. The standard InChI is InChI=1S/C10H15NO/c1-3-4-8-5-9(11)7(2)10(12)6-8/h5-6,12H,3-4,11H2,1-2H3. The molecule has 0 fully saturated rings. The molecular formula is C10H15NO. The van der Waals surface area contributed by atoms with Crippen LogP contribution in [-0.4, -0.2) is 5.11 Å². The molecule has 66 valence electrons. The second-order valence-electron chi connectivity index (χ2n) is 3.08. The topological polar surface area (TPSA) is 46.2 Å². The quantitative estimate of drug-likeness (QED) is 0.660. The Kier molecular flexibility index (Phi) is 2.58. The molecule has 0 aliphatic heterocycles. The van der Waals surface area contributed by atoms with E-state index in [-0.39, 0.29) is 0 Å². The number of nitrogens with two attached hydrogens (primary N) is 1. The number of hydrogen-bond donors (Lipinski definition) is 2.